The third-order valence-electron chi connectivity index (χ3n) is 2.20. The van der Waals surface area contributed by atoms with Gasteiger partial charge >= 0.3 is 0 Å². The molecular weight excluding hydrogens is 240 g/mol. The van der Waals surface area contributed by atoms with E-state index in [4.69, 9.17) is 5.73 Å². The van der Waals surface area contributed by atoms with Crippen molar-refractivity contribution in [3.63, 3.8) is 0 Å². The summed E-state index contributed by atoms with van der Waals surface area (Å²) in [4.78, 5) is 13.4. The summed E-state index contributed by atoms with van der Waals surface area (Å²) in [5.74, 6) is 0.170. The average molecular weight is 272 g/mol. The lowest BCUT2D eigenvalue weighted by Crippen LogP contribution is -2.32. The van der Waals surface area contributed by atoms with Crippen LogP contribution >= 0.6 is 0 Å². The molecule has 0 aromatic rings. The number of rotatable bonds is 1. The molecule has 1 amide bonds. The van der Waals surface area contributed by atoms with Crippen molar-refractivity contribution in [1.29, 1.82) is 0 Å². The molecule has 19 heavy (non-hydrogen) atoms. The van der Waals surface area contributed by atoms with E-state index in [1.54, 1.807) is 11.8 Å². The van der Waals surface area contributed by atoms with Crippen LogP contribution in [0.4, 0.5) is 0 Å². The molecule has 1 rings (SSSR count). The highest BCUT2D eigenvalue weighted by molar-refractivity contribution is 5.77. The van der Waals surface area contributed by atoms with Crippen LogP contribution in [0.1, 0.15) is 54.4 Å². The zero-order valence-electron chi connectivity index (χ0n) is 13.5. The molecule has 0 aromatic heterocycles. The second-order valence-corrected chi connectivity index (χ2v) is 5.87. The van der Waals surface area contributed by atoms with Crippen molar-refractivity contribution in [2.75, 3.05) is 13.1 Å². The number of nitrogens with two attached hydrogens (primary N) is 1. The molecular formula is C15H32N2O2. The van der Waals surface area contributed by atoms with E-state index in [0.29, 0.717) is 18.7 Å². The summed E-state index contributed by atoms with van der Waals surface area (Å²) in [5.41, 5.74) is 5.63. The van der Waals surface area contributed by atoms with Gasteiger partial charge in [-0.25, -0.2) is 0 Å². The van der Waals surface area contributed by atoms with E-state index in [-0.39, 0.29) is 17.4 Å². The number of hydrogen-bond acceptors (Lipinski definition) is 3. The van der Waals surface area contributed by atoms with Crippen molar-refractivity contribution in [3.8, 4) is 0 Å². The van der Waals surface area contributed by atoms with Gasteiger partial charge in [0.25, 0.3) is 0 Å². The summed E-state index contributed by atoms with van der Waals surface area (Å²) in [6.07, 6.45) is 0.999. The van der Waals surface area contributed by atoms with Crippen molar-refractivity contribution < 1.29 is 9.90 Å². The minimum atomic E-state index is -0.302. The highest BCUT2D eigenvalue weighted by Gasteiger charge is 2.27. The Hall–Kier alpha value is -1.03. The first-order valence-electron chi connectivity index (χ1n) is 6.98. The van der Waals surface area contributed by atoms with Crippen LogP contribution in [0.2, 0.25) is 0 Å². The van der Waals surface area contributed by atoms with Crippen molar-refractivity contribution in [2.24, 2.45) is 11.1 Å². The summed E-state index contributed by atoms with van der Waals surface area (Å²) in [6, 6.07) is 0. The predicted molar refractivity (Wildman–Crippen MR) is 81.6 cm³/mol. The van der Waals surface area contributed by atoms with Gasteiger partial charge in [0.1, 0.15) is 0 Å². The fourth-order valence-corrected chi connectivity index (χ4v) is 1.53. The molecule has 4 heteroatoms. The number of likely N-dealkylation sites (tertiary alicyclic amines) is 1. The second-order valence-electron chi connectivity index (χ2n) is 5.87. The SMILES string of the molecule is C=C(C)N.CC.CC(C)(C)CC(=O)N1CCC(O)C1. The first-order valence-corrected chi connectivity index (χ1v) is 6.98. The van der Waals surface area contributed by atoms with Gasteiger partial charge in [-0.3, -0.25) is 4.79 Å². The Morgan fingerprint density at radius 1 is 1.42 bits per heavy atom. The summed E-state index contributed by atoms with van der Waals surface area (Å²) < 4.78 is 0. The van der Waals surface area contributed by atoms with E-state index < -0.39 is 0 Å². The first-order chi connectivity index (χ1) is 8.61. The maximum atomic E-state index is 11.6. The highest BCUT2D eigenvalue weighted by atomic mass is 16.3. The molecule has 4 nitrogen and oxygen atoms in total. The lowest BCUT2D eigenvalue weighted by Gasteiger charge is -2.22. The Balaban J connectivity index is 0. The molecule has 114 valence electrons. The molecule has 1 unspecified atom stereocenters. The topological polar surface area (TPSA) is 66.6 Å². The molecule has 1 aliphatic heterocycles. The molecule has 1 saturated heterocycles. The maximum absolute atomic E-state index is 11.6. The molecule has 0 aromatic carbocycles. The van der Waals surface area contributed by atoms with Gasteiger partial charge in [-0.1, -0.05) is 41.2 Å². The molecule has 0 radical (unpaired) electrons. The Morgan fingerprint density at radius 3 is 2.11 bits per heavy atom. The standard InChI is InChI=1S/C10H19NO2.C3H7N.C2H6/c1-10(2,3)6-9(13)11-5-4-8(12)7-11;1-3(2)4;1-2/h8,12H,4-7H2,1-3H3;1,4H2,2H3;1-2H3. The van der Waals surface area contributed by atoms with Crippen LogP contribution in [0, 0.1) is 5.41 Å². The zero-order chi connectivity index (χ0) is 15.6. The molecule has 0 spiro atoms. The number of amides is 1. The van der Waals surface area contributed by atoms with Crippen LogP contribution in [0.15, 0.2) is 12.3 Å². The van der Waals surface area contributed by atoms with Gasteiger partial charge in [-0.2, -0.15) is 0 Å². The predicted octanol–water partition coefficient (Wildman–Crippen LogP) is 2.52. The lowest BCUT2D eigenvalue weighted by atomic mass is 9.92. The minimum Gasteiger partial charge on any atom is -0.403 e. The summed E-state index contributed by atoms with van der Waals surface area (Å²) >= 11 is 0. The number of aliphatic hydroxyl groups is 1. The monoisotopic (exact) mass is 272 g/mol. The van der Waals surface area contributed by atoms with Crippen molar-refractivity contribution >= 4 is 5.91 Å². The number of aliphatic hydroxyl groups excluding tert-OH is 1. The van der Waals surface area contributed by atoms with E-state index in [9.17, 15) is 9.90 Å². The Kier molecular flexibility index (Phi) is 10.5. The van der Waals surface area contributed by atoms with Gasteiger partial charge in [0.05, 0.1) is 6.10 Å². The number of hydrogen-bond donors (Lipinski definition) is 2. The smallest absolute Gasteiger partial charge is 0.223 e. The number of carbonyl (C=O) groups is 1. The van der Waals surface area contributed by atoms with Gasteiger partial charge in [0.15, 0.2) is 0 Å². The van der Waals surface area contributed by atoms with Crippen LogP contribution < -0.4 is 5.73 Å². The number of nitrogens with zero attached hydrogens (tertiary/aromatic N) is 1. The molecule has 0 saturated carbocycles. The van der Waals surface area contributed by atoms with E-state index in [0.717, 1.165) is 13.0 Å². The minimum absolute atomic E-state index is 0.0463. The third kappa shape index (κ3) is 13.2. The van der Waals surface area contributed by atoms with Crippen LogP contribution in [0.5, 0.6) is 0 Å². The van der Waals surface area contributed by atoms with Crippen molar-refractivity contribution in [2.45, 2.75) is 60.5 Å². The number of β-amino-alcohol motifs (C(OH)–C–C–N with tert-alkyl or cyclic N) is 1. The zero-order valence-corrected chi connectivity index (χ0v) is 13.5. The maximum Gasteiger partial charge on any atom is 0.223 e. The fraction of sp³-hybridized carbons (Fsp3) is 0.800. The van der Waals surface area contributed by atoms with Gasteiger partial charge < -0.3 is 15.7 Å². The number of carbonyl (C=O) groups excluding carboxylic acids is 1. The largest absolute Gasteiger partial charge is 0.403 e. The molecule has 0 aliphatic carbocycles. The molecule has 0 bridgehead atoms. The lowest BCUT2D eigenvalue weighted by molar-refractivity contribution is -0.132. The molecule has 1 heterocycles. The summed E-state index contributed by atoms with van der Waals surface area (Å²) in [6.45, 7) is 16.5. The summed E-state index contributed by atoms with van der Waals surface area (Å²) in [7, 11) is 0. The Morgan fingerprint density at radius 2 is 1.84 bits per heavy atom. The highest BCUT2D eigenvalue weighted by Crippen LogP contribution is 2.21. The Labute approximate surface area is 118 Å². The van der Waals surface area contributed by atoms with Gasteiger partial charge in [-0.05, 0) is 24.5 Å². The van der Waals surface area contributed by atoms with Crippen molar-refractivity contribution in [3.05, 3.63) is 12.3 Å². The van der Waals surface area contributed by atoms with Crippen molar-refractivity contribution in [1.82, 2.24) is 4.90 Å². The quantitative estimate of drug-likeness (QED) is 0.771. The van der Waals surface area contributed by atoms with Crippen LogP contribution in [-0.2, 0) is 4.79 Å². The van der Waals surface area contributed by atoms with Gasteiger partial charge in [0, 0.05) is 19.5 Å². The van der Waals surface area contributed by atoms with E-state index in [1.807, 2.05) is 13.8 Å². The van der Waals surface area contributed by atoms with Crippen LogP contribution in [-0.4, -0.2) is 35.1 Å². The van der Waals surface area contributed by atoms with Crippen LogP contribution in [0.3, 0.4) is 0 Å². The average Bonchev–Trinajstić information content (AvgIpc) is 2.64. The van der Waals surface area contributed by atoms with E-state index in [1.165, 1.54) is 0 Å². The van der Waals surface area contributed by atoms with Gasteiger partial charge in [0.2, 0.25) is 5.91 Å². The number of allylic oxidation sites excluding steroid dienone is 1. The summed E-state index contributed by atoms with van der Waals surface area (Å²) in [5, 5.41) is 9.25. The third-order valence-corrected chi connectivity index (χ3v) is 2.20. The molecule has 3 N–H and O–H groups in total. The molecule has 1 fully saturated rings. The molecule has 1 aliphatic rings. The fourth-order valence-electron chi connectivity index (χ4n) is 1.53. The van der Waals surface area contributed by atoms with E-state index >= 15 is 0 Å². The first kappa shape index (κ1) is 20.3. The molecule has 1 atom stereocenters. The van der Waals surface area contributed by atoms with Crippen LogP contribution in [0.25, 0.3) is 0 Å². The normalized spacial score (nSPS) is 17.8. The van der Waals surface area contributed by atoms with Gasteiger partial charge in [-0.15, -0.1) is 0 Å². The second kappa shape index (κ2) is 9.84. The Bertz CT molecular complexity index is 266. The van der Waals surface area contributed by atoms with E-state index in [2.05, 4.69) is 27.4 Å².